The fraction of sp³-hybridized carbons (Fsp3) is 0.200. The largest absolute Gasteiger partial charge is 0.344 e. The van der Waals surface area contributed by atoms with Crippen molar-refractivity contribution >= 4 is 34.2 Å². The minimum atomic E-state index is -0.121. The van der Waals surface area contributed by atoms with Crippen molar-refractivity contribution < 1.29 is 4.79 Å². The number of ketones is 1. The van der Waals surface area contributed by atoms with Gasteiger partial charge in [0.05, 0.1) is 16.7 Å². The van der Waals surface area contributed by atoms with Crippen LogP contribution in [0.5, 0.6) is 0 Å². The number of hydrogen-bond acceptors (Lipinski definition) is 5. The van der Waals surface area contributed by atoms with Crippen LogP contribution in [0.4, 0.5) is 0 Å². The van der Waals surface area contributed by atoms with Gasteiger partial charge in [-0.1, -0.05) is 54.2 Å². The molecule has 0 aliphatic rings. The Labute approximate surface area is 194 Å². The maximum absolute atomic E-state index is 13.2. The summed E-state index contributed by atoms with van der Waals surface area (Å²) in [5.74, 6) is 0.723. The molecule has 2 aromatic carbocycles. The average Bonchev–Trinajstić information content (AvgIpc) is 3.38. The molecule has 33 heavy (non-hydrogen) atoms. The third kappa shape index (κ3) is 3.66. The summed E-state index contributed by atoms with van der Waals surface area (Å²) in [7, 11) is 1.68. The van der Waals surface area contributed by atoms with E-state index in [4.69, 9.17) is 0 Å². The zero-order chi connectivity index (χ0) is 23.1. The highest BCUT2D eigenvalue weighted by molar-refractivity contribution is 7.99. The van der Waals surface area contributed by atoms with Gasteiger partial charge in [0.1, 0.15) is 0 Å². The summed E-state index contributed by atoms with van der Waals surface area (Å²) in [6.45, 7) is 4.75. The maximum atomic E-state index is 13.2. The van der Waals surface area contributed by atoms with Crippen LogP contribution < -0.4 is 5.56 Å². The Bertz CT molecular complexity index is 1560. The number of nitrogens with zero attached hydrogens (tertiary/aromatic N) is 5. The third-order valence-electron chi connectivity index (χ3n) is 5.99. The first kappa shape index (κ1) is 21.2. The molecule has 0 unspecified atom stereocenters. The van der Waals surface area contributed by atoms with Gasteiger partial charge >= 0.3 is 0 Å². The van der Waals surface area contributed by atoms with E-state index in [1.165, 1.54) is 21.9 Å². The van der Waals surface area contributed by atoms with E-state index in [2.05, 4.69) is 26.9 Å². The van der Waals surface area contributed by atoms with Crippen molar-refractivity contribution in [2.24, 2.45) is 7.05 Å². The van der Waals surface area contributed by atoms with Crippen molar-refractivity contribution in [1.29, 1.82) is 0 Å². The molecule has 0 N–H and O–H groups in total. The molecule has 0 bridgehead atoms. The van der Waals surface area contributed by atoms with Crippen LogP contribution >= 0.6 is 11.8 Å². The molecule has 0 saturated carbocycles. The number of aromatic nitrogens is 5. The quantitative estimate of drug-likeness (QED) is 0.284. The van der Waals surface area contributed by atoms with Crippen molar-refractivity contribution in [3.8, 4) is 0 Å². The van der Waals surface area contributed by atoms with Crippen LogP contribution in [0.25, 0.3) is 16.7 Å². The molecule has 0 saturated heterocycles. The van der Waals surface area contributed by atoms with Gasteiger partial charge in [0.15, 0.2) is 10.9 Å². The lowest BCUT2D eigenvalue weighted by Gasteiger charge is -2.10. The fourth-order valence-electron chi connectivity index (χ4n) is 4.21. The first-order valence-corrected chi connectivity index (χ1v) is 11.6. The minimum absolute atomic E-state index is 0.0401. The molecule has 0 spiro atoms. The van der Waals surface area contributed by atoms with E-state index in [0.717, 1.165) is 29.0 Å². The summed E-state index contributed by atoms with van der Waals surface area (Å²) in [5, 5.41) is 9.65. The average molecular weight is 458 g/mol. The highest BCUT2D eigenvalue weighted by atomic mass is 32.2. The lowest BCUT2D eigenvalue weighted by Crippen LogP contribution is -2.20. The van der Waals surface area contributed by atoms with Crippen molar-refractivity contribution in [2.75, 3.05) is 5.75 Å². The van der Waals surface area contributed by atoms with Crippen LogP contribution in [-0.4, -0.2) is 35.3 Å². The Morgan fingerprint density at radius 2 is 1.73 bits per heavy atom. The topological polar surface area (TPSA) is 74.2 Å². The van der Waals surface area contributed by atoms with Crippen molar-refractivity contribution in [1.82, 2.24) is 23.7 Å². The van der Waals surface area contributed by atoms with Crippen LogP contribution in [0.3, 0.4) is 0 Å². The normalized spacial score (nSPS) is 11.5. The SMILES string of the molecule is Cc1cc(C(=O)CSc2nnc3n(C)c(=O)c4ccccc4n23)c(C)n1Cc1ccccc1. The lowest BCUT2D eigenvalue weighted by atomic mass is 10.2. The number of rotatable bonds is 6. The number of hydrogen-bond donors (Lipinski definition) is 0. The van der Waals surface area contributed by atoms with Gasteiger partial charge in [0, 0.05) is 30.5 Å². The van der Waals surface area contributed by atoms with Gasteiger partial charge < -0.3 is 4.57 Å². The van der Waals surface area contributed by atoms with E-state index in [-0.39, 0.29) is 17.1 Å². The molecule has 5 rings (SSSR count). The van der Waals surface area contributed by atoms with Gasteiger partial charge in [-0.15, -0.1) is 10.2 Å². The Hall–Kier alpha value is -3.65. The molecular weight excluding hydrogens is 434 g/mol. The number of fused-ring (bicyclic) bond motifs is 3. The Kier molecular flexibility index (Phi) is 5.38. The van der Waals surface area contributed by atoms with E-state index in [0.29, 0.717) is 16.3 Å². The van der Waals surface area contributed by atoms with Gasteiger partial charge in [-0.05, 0) is 37.6 Å². The number of para-hydroxylation sites is 1. The van der Waals surface area contributed by atoms with E-state index < -0.39 is 0 Å². The molecule has 8 heteroatoms. The number of thioether (sulfide) groups is 1. The zero-order valence-electron chi connectivity index (χ0n) is 18.6. The molecular formula is C25H23N5O2S. The summed E-state index contributed by atoms with van der Waals surface area (Å²) in [6, 6.07) is 19.6. The minimum Gasteiger partial charge on any atom is -0.344 e. The highest BCUT2D eigenvalue weighted by Crippen LogP contribution is 2.24. The van der Waals surface area contributed by atoms with E-state index in [1.807, 2.05) is 60.7 Å². The van der Waals surface area contributed by atoms with Crippen LogP contribution in [0.1, 0.15) is 27.3 Å². The van der Waals surface area contributed by atoms with Gasteiger partial charge in [0.2, 0.25) is 5.78 Å². The summed E-state index contributed by atoms with van der Waals surface area (Å²) in [4.78, 5) is 25.8. The summed E-state index contributed by atoms with van der Waals surface area (Å²) in [5.41, 5.74) is 4.54. The Morgan fingerprint density at radius 3 is 2.52 bits per heavy atom. The molecule has 7 nitrogen and oxygen atoms in total. The number of aryl methyl sites for hydroxylation is 2. The number of Topliss-reactive ketones (excluding diaryl/α,β-unsaturated/α-hetero) is 1. The molecule has 5 aromatic rings. The van der Waals surface area contributed by atoms with E-state index in [9.17, 15) is 9.59 Å². The van der Waals surface area contributed by atoms with Gasteiger partial charge in [-0.3, -0.25) is 18.6 Å². The number of benzene rings is 2. The second kappa shape index (κ2) is 8.37. The standard InChI is InChI=1S/C25H23N5O2S/c1-16-13-20(17(2)29(16)14-18-9-5-4-6-10-18)22(31)15-33-25-27-26-24-28(3)23(32)19-11-7-8-12-21(19)30(24)25/h4-13H,14-15H2,1-3H3. The summed E-state index contributed by atoms with van der Waals surface area (Å²) >= 11 is 1.33. The molecule has 0 aliphatic heterocycles. The van der Waals surface area contributed by atoms with Gasteiger partial charge in [-0.25, -0.2) is 0 Å². The first-order valence-electron chi connectivity index (χ1n) is 10.6. The molecule has 0 radical (unpaired) electrons. The Morgan fingerprint density at radius 1 is 1.00 bits per heavy atom. The maximum Gasteiger partial charge on any atom is 0.262 e. The van der Waals surface area contributed by atoms with Crippen LogP contribution in [0.2, 0.25) is 0 Å². The second-order valence-electron chi connectivity index (χ2n) is 8.07. The van der Waals surface area contributed by atoms with Gasteiger partial charge in [0.25, 0.3) is 5.56 Å². The summed E-state index contributed by atoms with van der Waals surface area (Å²) < 4.78 is 5.49. The lowest BCUT2D eigenvalue weighted by molar-refractivity contribution is 0.102. The monoisotopic (exact) mass is 457 g/mol. The number of carbonyl (C=O) groups is 1. The fourth-order valence-corrected chi connectivity index (χ4v) is 5.03. The first-order chi connectivity index (χ1) is 16.0. The van der Waals surface area contributed by atoms with E-state index in [1.54, 1.807) is 13.1 Å². The highest BCUT2D eigenvalue weighted by Gasteiger charge is 2.19. The molecule has 0 atom stereocenters. The molecule has 0 aliphatic carbocycles. The smallest absolute Gasteiger partial charge is 0.262 e. The zero-order valence-corrected chi connectivity index (χ0v) is 19.5. The van der Waals surface area contributed by atoms with Crippen molar-refractivity contribution in [3.05, 3.63) is 93.5 Å². The van der Waals surface area contributed by atoms with Gasteiger partial charge in [-0.2, -0.15) is 0 Å². The number of carbonyl (C=O) groups excluding carboxylic acids is 1. The van der Waals surface area contributed by atoms with E-state index >= 15 is 0 Å². The molecule has 3 aromatic heterocycles. The van der Waals surface area contributed by atoms with Crippen LogP contribution in [0, 0.1) is 13.8 Å². The van der Waals surface area contributed by atoms with Crippen LogP contribution in [-0.2, 0) is 13.6 Å². The molecule has 0 fully saturated rings. The second-order valence-corrected chi connectivity index (χ2v) is 9.01. The predicted molar refractivity (Wildman–Crippen MR) is 130 cm³/mol. The third-order valence-corrected chi connectivity index (χ3v) is 6.92. The van der Waals surface area contributed by atoms with Crippen molar-refractivity contribution in [3.63, 3.8) is 0 Å². The molecule has 0 amide bonds. The predicted octanol–water partition coefficient (Wildman–Crippen LogP) is 4.02. The van der Waals surface area contributed by atoms with Crippen LogP contribution in [0.15, 0.2) is 70.6 Å². The van der Waals surface area contributed by atoms with Crippen molar-refractivity contribution in [2.45, 2.75) is 25.5 Å². The molecule has 3 heterocycles. The Balaban J connectivity index is 1.43. The summed E-state index contributed by atoms with van der Waals surface area (Å²) in [6.07, 6.45) is 0. The molecule has 166 valence electrons.